The molecule has 0 unspecified atom stereocenters. The number of nitrogens with two attached hydrogens (primary N) is 1. The summed E-state index contributed by atoms with van der Waals surface area (Å²) in [6, 6.07) is 17.1. The monoisotopic (exact) mass is 317 g/mol. The van der Waals surface area contributed by atoms with Crippen molar-refractivity contribution in [2.75, 3.05) is 5.32 Å². The molecule has 0 fully saturated rings. The van der Waals surface area contributed by atoms with Crippen molar-refractivity contribution in [1.82, 2.24) is 4.98 Å². The van der Waals surface area contributed by atoms with Crippen molar-refractivity contribution in [3.05, 3.63) is 65.9 Å². The molecule has 0 atom stereocenters. The second kappa shape index (κ2) is 5.38. The molecule has 2 aromatic carbocycles. The second-order valence-electron chi connectivity index (χ2n) is 5.65. The van der Waals surface area contributed by atoms with Crippen molar-refractivity contribution in [1.29, 1.82) is 0 Å². The Morgan fingerprint density at radius 1 is 1.08 bits per heavy atom. The van der Waals surface area contributed by atoms with Crippen LogP contribution in [-0.2, 0) is 0 Å². The molecule has 0 aliphatic heterocycles. The number of furan rings is 1. The number of rotatable bonds is 3. The fourth-order valence-corrected chi connectivity index (χ4v) is 2.82. The van der Waals surface area contributed by atoms with Crippen LogP contribution in [-0.4, -0.2) is 10.9 Å². The van der Waals surface area contributed by atoms with Crippen LogP contribution in [0, 0.1) is 6.92 Å². The van der Waals surface area contributed by atoms with Gasteiger partial charge in [0.15, 0.2) is 5.58 Å². The minimum Gasteiger partial charge on any atom is -0.459 e. The number of hydrogen-bond donors (Lipinski definition) is 2. The lowest BCUT2D eigenvalue weighted by Gasteiger charge is -2.11. The van der Waals surface area contributed by atoms with Crippen molar-refractivity contribution in [3.63, 3.8) is 0 Å². The highest BCUT2D eigenvalue weighted by Crippen LogP contribution is 2.30. The summed E-state index contributed by atoms with van der Waals surface area (Å²) < 4.78 is 5.75. The van der Waals surface area contributed by atoms with E-state index in [0.717, 1.165) is 33.3 Å². The number of aromatic nitrogens is 1. The van der Waals surface area contributed by atoms with Gasteiger partial charge in [0, 0.05) is 10.8 Å². The Hall–Kier alpha value is -3.34. The Labute approximate surface area is 138 Å². The van der Waals surface area contributed by atoms with E-state index >= 15 is 0 Å². The molecule has 3 N–H and O–H groups in total. The van der Waals surface area contributed by atoms with E-state index in [1.165, 1.54) is 0 Å². The van der Waals surface area contributed by atoms with E-state index in [9.17, 15) is 4.79 Å². The minimum atomic E-state index is -0.529. The highest BCUT2D eigenvalue weighted by Gasteiger charge is 2.14. The molecular formula is C19H15N3O2. The molecule has 4 rings (SSSR count). The number of aryl methyl sites for hydroxylation is 1. The third-order valence-corrected chi connectivity index (χ3v) is 3.91. The first-order valence-corrected chi connectivity index (χ1v) is 7.57. The summed E-state index contributed by atoms with van der Waals surface area (Å²) >= 11 is 0. The third-order valence-electron chi connectivity index (χ3n) is 3.91. The zero-order valence-corrected chi connectivity index (χ0v) is 13.0. The molecule has 0 aliphatic rings. The first-order valence-electron chi connectivity index (χ1n) is 7.57. The number of hydrogen-bond acceptors (Lipinski definition) is 4. The van der Waals surface area contributed by atoms with Gasteiger partial charge < -0.3 is 15.5 Å². The van der Waals surface area contributed by atoms with Gasteiger partial charge in [-0.15, -0.1) is 0 Å². The summed E-state index contributed by atoms with van der Waals surface area (Å²) in [5, 5.41) is 5.05. The van der Waals surface area contributed by atoms with E-state index in [0.29, 0.717) is 11.4 Å². The number of para-hydroxylation sites is 2. The number of benzene rings is 2. The van der Waals surface area contributed by atoms with E-state index in [1.54, 1.807) is 6.07 Å². The van der Waals surface area contributed by atoms with Crippen LogP contribution in [0.15, 0.2) is 59.0 Å². The molecular weight excluding hydrogens is 302 g/mol. The van der Waals surface area contributed by atoms with Crippen LogP contribution in [0.4, 0.5) is 11.5 Å². The molecule has 0 spiro atoms. The Balaban J connectivity index is 1.88. The fraction of sp³-hybridized carbons (Fsp3) is 0.0526. The predicted molar refractivity (Wildman–Crippen MR) is 94.5 cm³/mol. The van der Waals surface area contributed by atoms with Crippen molar-refractivity contribution >= 4 is 39.3 Å². The molecule has 5 nitrogen and oxygen atoms in total. The summed E-state index contributed by atoms with van der Waals surface area (Å²) in [4.78, 5) is 16.4. The third kappa shape index (κ3) is 2.36. The molecule has 0 bridgehead atoms. The van der Waals surface area contributed by atoms with E-state index in [2.05, 4.69) is 10.3 Å². The molecule has 0 aliphatic carbocycles. The van der Waals surface area contributed by atoms with Crippen LogP contribution in [0.5, 0.6) is 0 Å². The Morgan fingerprint density at radius 3 is 2.71 bits per heavy atom. The van der Waals surface area contributed by atoms with Gasteiger partial charge in [0.05, 0.1) is 16.8 Å². The summed E-state index contributed by atoms with van der Waals surface area (Å²) in [6.07, 6.45) is 0. The van der Waals surface area contributed by atoms with Crippen LogP contribution in [0.1, 0.15) is 16.1 Å². The highest BCUT2D eigenvalue weighted by molar-refractivity contribution is 6.03. The number of fused-ring (bicyclic) bond motifs is 2. The largest absolute Gasteiger partial charge is 0.459 e. The van der Waals surface area contributed by atoms with Crippen LogP contribution < -0.4 is 11.1 Å². The number of carbonyl (C=O) groups excluding carboxylic acids is 1. The quantitative estimate of drug-likeness (QED) is 0.595. The average Bonchev–Trinajstić information content (AvgIpc) is 2.95. The lowest BCUT2D eigenvalue weighted by atomic mass is 10.1. The van der Waals surface area contributed by atoms with Crippen molar-refractivity contribution in [2.45, 2.75) is 6.92 Å². The van der Waals surface area contributed by atoms with Crippen LogP contribution in [0.25, 0.3) is 21.9 Å². The summed E-state index contributed by atoms with van der Waals surface area (Å²) in [5.74, 6) is 0.710. The van der Waals surface area contributed by atoms with Gasteiger partial charge in [-0.2, -0.15) is 0 Å². The zero-order valence-electron chi connectivity index (χ0n) is 13.0. The highest BCUT2D eigenvalue weighted by atomic mass is 16.3. The SMILES string of the molecule is Cc1cc2cccc(Nc3nc4ccccc4cc3C(N)=O)c2o1. The van der Waals surface area contributed by atoms with Crippen LogP contribution in [0.2, 0.25) is 0 Å². The molecule has 2 aromatic heterocycles. The number of nitrogens with one attached hydrogen (secondary N) is 1. The Morgan fingerprint density at radius 2 is 1.88 bits per heavy atom. The van der Waals surface area contributed by atoms with E-state index < -0.39 is 5.91 Å². The summed E-state index contributed by atoms with van der Waals surface area (Å²) in [5.41, 5.74) is 8.12. The van der Waals surface area contributed by atoms with Gasteiger partial charge in [0.2, 0.25) is 0 Å². The summed E-state index contributed by atoms with van der Waals surface area (Å²) in [7, 11) is 0. The Bertz CT molecular complexity index is 1080. The number of carbonyl (C=O) groups is 1. The molecule has 1 amide bonds. The molecule has 24 heavy (non-hydrogen) atoms. The van der Waals surface area contributed by atoms with Crippen molar-refractivity contribution in [3.8, 4) is 0 Å². The lowest BCUT2D eigenvalue weighted by Crippen LogP contribution is -2.14. The molecule has 0 saturated carbocycles. The number of amides is 1. The predicted octanol–water partition coefficient (Wildman–Crippen LogP) is 4.13. The first-order chi connectivity index (χ1) is 11.6. The normalized spacial score (nSPS) is 11.0. The molecule has 118 valence electrons. The van der Waals surface area contributed by atoms with Gasteiger partial charge in [-0.1, -0.05) is 30.3 Å². The zero-order chi connectivity index (χ0) is 16.7. The standard InChI is InChI=1S/C19H15N3O2/c1-11-9-13-6-4-8-16(17(13)24-11)22-19-14(18(20)23)10-12-5-2-3-7-15(12)21-19/h2-10H,1H3,(H2,20,23)(H,21,22). The van der Waals surface area contributed by atoms with Crippen LogP contribution >= 0.6 is 0 Å². The molecule has 4 aromatic rings. The second-order valence-corrected chi connectivity index (χ2v) is 5.65. The first kappa shape index (κ1) is 14.3. The van der Waals surface area contributed by atoms with Crippen molar-refractivity contribution < 1.29 is 9.21 Å². The van der Waals surface area contributed by atoms with E-state index in [-0.39, 0.29) is 0 Å². The number of nitrogens with zero attached hydrogens (tertiary/aromatic N) is 1. The molecule has 2 heterocycles. The average molecular weight is 317 g/mol. The van der Waals surface area contributed by atoms with Gasteiger partial charge in [0.1, 0.15) is 11.6 Å². The molecule has 0 saturated heterocycles. The number of primary amides is 1. The maximum Gasteiger partial charge on any atom is 0.252 e. The molecule has 0 radical (unpaired) electrons. The number of anilines is 2. The lowest BCUT2D eigenvalue weighted by molar-refractivity contribution is 0.100. The van der Waals surface area contributed by atoms with Gasteiger partial charge in [-0.05, 0) is 31.2 Å². The van der Waals surface area contributed by atoms with Gasteiger partial charge in [0.25, 0.3) is 5.91 Å². The fourth-order valence-electron chi connectivity index (χ4n) is 2.82. The maximum absolute atomic E-state index is 11.8. The van der Waals surface area contributed by atoms with E-state index in [4.69, 9.17) is 10.2 Å². The van der Waals surface area contributed by atoms with Gasteiger partial charge in [-0.3, -0.25) is 4.79 Å². The van der Waals surface area contributed by atoms with Crippen molar-refractivity contribution in [2.24, 2.45) is 5.73 Å². The van der Waals surface area contributed by atoms with Gasteiger partial charge in [-0.25, -0.2) is 4.98 Å². The summed E-state index contributed by atoms with van der Waals surface area (Å²) in [6.45, 7) is 1.90. The molecule has 5 heteroatoms. The number of pyridine rings is 1. The van der Waals surface area contributed by atoms with E-state index in [1.807, 2.05) is 55.5 Å². The van der Waals surface area contributed by atoms with Crippen LogP contribution in [0.3, 0.4) is 0 Å². The van der Waals surface area contributed by atoms with Gasteiger partial charge >= 0.3 is 0 Å². The Kier molecular flexibility index (Phi) is 3.20. The minimum absolute atomic E-state index is 0.342. The smallest absolute Gasteiger partial charge is 0.252 e. The topological polar surface area (TPSA) is 81.1 Å². The maximum atomic E-state index is 11.8.